The minimum Gasteiger partial charge on any atom is -0.388 e. The largest absolute Gasteiger partial charge is 0.388 e. The van der Waals surface area contributed by atoms with Crippen LogP contribution in [0, 0.1) is 5.92 Å². The summed E-state index contributed by atoms with van der Waals surface area (Å²) in [6, 6.07) is 8.59. The van der Waals surface area contributed by atoms with Gasteiger partial charge >= 0.3 is 0 Å². The second kappa shape index (κ2) is 6.76. The molecule has 1 aliphatic heterocycles. The van der Waals surface area contributed by atoms with Crippen LogP contribution in [-0.4, -0.2) is 38.6 Å². The summed E-state index contributed by atoms with van der Waals surface area (Å²) >= 11 is 0. The third-order valence-electron chi connectivity index (χ3n) is 3.70. The molecule has 3 nitrogen and oxygen atoms in total. The lowest BCUT2D eigenvalue weighted by atomic mass is 9.98. The molecule has 2 rings (SSSR count). The van der Waals surface area contributed by atoms with Gasteiger partial charge < -0.3 is 15.5 Å². The molecule has 0 spiro atoms. The van der Waals surface area contributed by atoms with Crippen LogP contribution in [0.5, 0.6) is 0 Å². The van der Waals surface area contributed by atoms with E-state index in [1.807, 2.05) is 7.05 Å². The molecule has 0 saturated carbocycles. The van der Waals surface area contributed by atoms with Crippen molar-refractivity contribution in [2.45, 2.75) is 19.4 Å². The molecular weight excluding hydrogens is 222 g/mol. The van der Waals surface area contributed by atoms with Crippen molar-refractivity contribution in [3.63, 3.8) is 0 Å². The highest BCUT2D eigenvalue weighted by Gasteiger charge is 2.16. The Bertz CT molecular complexity index is 365. The van der Waals surface area contributed by atoms with Crippen LogP contribution in [0.25, 0.3) is 0 Å². The quantitative estimate of drug-likeness (QED) is 0.835. The van der Waals surface area contributed by atoms with Gasteiger partial charge in [0.05, 0.1) is 0 Å². The van der Waals surface area contributed by atoms with Crippen LogP contribution < -0.4 is 10.6 Å². The van der Waals surface area contributed by atoms with Gasteiger partial charge in [0.2, 0.25) is 0 Å². The lowest BCUT2D eigenvalue weighted by molar-refractivity contribution is 0.206. The van der Waals surface area contributed by atoms with E-state index in [0.717, 1.165) is 19.0 Å². The monoisotopic (exact) mass is 247 g/mol. The highest BCUT2D eigenvalue weighted by atomic mass is 15.1. The smallest absolute Gasteiger partial charge is 0.0340 e. The number of likely N-dealkylation sites (tertiary alicyclic amines) is 1. The number of rotatable bonds is 5. The third kappa shape index (κ3) is 4.00. The molecule has 1 aliphatic rings. The van der Waals surface area contributed by atoms with E-state index in [-0.39, 0.29) is 0 Å². The number of nitrogens with zero attached hydrogens (tertiary/aromatic N) is 1. The summed E-state index contributed by atoms with van der Waals surface area (Å²) in [5.74, 6) is 0.816. The SMILES string of the molecule is CNc1cccc(CNCC2CCCN(C)C2)c1. The Kier molecular flexibility index (Phi) is 5.02. The van der Waals surface area contributed by atoms with Crippen molar-refractivity contribution in [1.29, 1.82) is 0 Å². The normalized spacial score (nSPS) is 20.9. The van der Waals surface area contributed by atoms with Gasteiger partial charge in [0, 0.05) is 25.8 Å². The summed E-state index contributed by atoms with van der Waals surface area (Å²) in [5.41, 5.74) is 2.54. The molecule has 3 heteroatoms. The molecule has 1 aromatic rings. The Morgan fingerprint density at radius 3 is 3.06 bits per heavy atom. The zero-order valence-corrected chi connectivity index (χ0v) is 11.6. The van der Waals surface area contributed by atoms with Crippen molar-refractivity contribution in [1.82, 2.24) is 10.2 Å². The standard InChI is InChI=1S/C15H25N3/c1-16-15-7-3-5-13(9-15)10-17-11-14-6-4-8-18(2)12-14/h3,5,7,9,14,16-17H,4,6,8,10-12H2,1-2H3. The van der Waals surface area contributed by atoms with Crippen molar-refractivity contribution >= 4 is 5.69 Å². The minimum absolute atomic E-state index is 0.816. The van der Waals surface area contributed by atoms with Gasteiger partial charge in [-0.3, -0.25) is 0 Å². The van der Waals surface area contributed by atoms with E-state index in [2.05, 4.69) is 46.8 Å². The maximum atomic E-state index is 3.59. The Hall–Kier alpha value is -1.06. The van der Waals surface area contributed by atoms with Crippen LogP contribution >= 0.6 is 0 Å². The van der Waals surface area contributed by atoms with Gasteiger partial charge in [-0.15, -0.1) is 0 Å². The Balaban J connectivity index is 1.74. The van der Waals surface area contributed by atoms with Gasteiger partial charge in [-0.25, -0.2) is 0 Å². The fraction of sp³-hybridized carbons (Fsp3) is 0.600. The Morgan fingerprint density at radius 2 is 2.28 bits per heavy atom. The molecule has 1 fully saturated rings. The first-order valence-electron chi connectivity index (χ1n) is 6.94. The third-order valence-corrected chi connectivity index (χ3v) is 3.70. The van der Waals surface area contributed by atoms with Crippen LogP contribution in [0.1, 0.15) is 18.4 Å². The molecule has 0 amide bonds. The summed E-state index contributed by atoms with van der Waals surface area (Å²) in [6.45, 7) is 4.61. The predicted molar refractivity (Wildman–Crippen MR) is 77.9 cm³/mol. The molecule has 0 aliphatic carbocycles. The summed E-state index contributed by atoms with van der Waals surface area (Å²) in [4.78, 5) is 2.44. The number of hydrogen-bond donors (Lipinski definition) is 2. The molecule has 0 bridgehead atoms. The van der Waals surface area contributed by atoms with Crippen LogP contribution in [0.2, 0.25) is 0 Å². The summed E-state index contributed by atoms with van der Waals surface area (Å²) in [6.07, 6.45) is 2.71. The fourth-order valence-corrected chi connectivity index (χ4v) is 2.70. The molecule has 1 aromatic carbocycles. The summed E-state index contributed by atoms with van der Waals surface area (Å²) in [5, 5.41) is 6.77. The van der Waals surface area contributed by atoms with Gasteiger partial charge in [0.15, 0.2) is 0 Å². The predicted octanol–water partition coefficient (Wildman–Crippen LogP) is 2.16. The van der Waals surface area contributed by atoms with Gasteiger partial charge in [-0.2, -0.15) is 0 Å². The average molecular weight is 247 g/mol. The molecule has 1 unspecified atom stereocenters. The zero-order valence-electron chi connectivity index (χ0n) is 11.6. The molecule has 2 N–H and O–H groups in total. The van der Waals surface area contributed by atoms with Gasteiger partial charge in [-0.1, -0.05) is 12.1 Å². The topological polar surface area (TPSA) is 27.3 Å². The molecule has 0 radical (unpaired) electrons. The van der Waals surface area contributed by atoms with Crippen LogP contribution in [-0.2, 0) is 6.54 Å². The van der Waals surface area contributed by atoms with Gasteiger partial charge in [-0.05, 0) is 56.6 Å². The average Bonchev–Trinajstić information content (AvgIpc) is 2.39. The zero-order chi connectivity index (χ0) is 12.8. The first kappa shape index (κ1) is 13.4. The highest BCUT2D eigenvalue weighted by molar-refractivity contribution is 5.44. The lowest BCUT2D eigenvalue weighted by Gasteiger charge is -2.29. The molecule has 0 aromatic heterocycles. The van der Waals surface area contributed by atoms with Crippen molar-refractivity contribution in [2.24, 2.45) is 5.92 Å². The van der Waals surface area contributed by atoms with Crippen LogP contribution in [0.15, 0.2) is 24.3 Å². The van der Waals surface area contributed by atoms with Crippen molar-refractivity contribution in [3.05, 3.63) is 29.8 Å². The Morgan fingerprint density at radius 1 is 1.39 bits per heavy atom. The van der Waals surface area contributed by atoms with Gasteiger partial charge in [0.25, 0.3) is 0 Å². The first-order valence-corrected chi connectivity index (χ1v) is 6.94. The molecule has 1 atom stereocenters. The van der Waals surface area contributed by atoms with Crippen molar-refractivity contribution < 1.29 is 0 Å². The number of piperidine rings is 1. The maximum absolute atomic E-state index is 3.59. The van der Waals surface area contributed by atoms with E-state index in [9.17, 15) is 0 Å². The van der Waals surface area contributed by atoms with E-state index >= 15 is 0 Å². The van der Waals surface area contributed by atoms with Crippen molar-refractivity contribution in [3.8, 4) is 0 Å². The first-order chi connectivity index (χ1) is 8.78. The van der Waals surface area contributed by atoms with Crippen LogP contribution in [0.4, 0.5) is 5.69 Å². The van der Waals surface area contributed by atoms with E-state index in [0.29, 0.717) is 0 Å². The minimum atomic E-state index is 0.816. The number of hydrogen-bond acceptors (Lipinski definition) is 3. The second-order valence-electron chi connectivity index (χ2n) is 5.35. The fourth-order valence-electron chi connectivity index (χ4n) is 2.70. The summed E-state index contributed by atoms with van der Waals surface area (Å²) in [7, 11) is 4.19. The molecule has 1 heterocycles. The molecule has 100 valence electrons. The number of benzene rings is 1. The number of anilines is 1. The molecule has 1 saturated heterocycles. The Labute approximate surface area is 111 Å². The summed E-state index contributed by atoms with van der Waals surface area (Å²) < 4.78 is 0. The number of nitrogens with one attached hydrogen (secondary N) is 2. The van der Waals surface area contributed by atoms with Gasteiger partial charge in [0.1, 0.15) is 0 Å². The second-order valence-corrected chi connectivity index (χ2v) is 5.35. The molecular formula is C15H25N3. The van der Waals surface area contributed by atoms with Crippen molar-refractivity contribution in [2.75, 3.05) is 39.0 Å². The highest BCUT2D eigenvalue weighted by Crippen LogP contribution is 2.14. The molecule has 18 heavy (non-hydrogen) atoms. The maximum Gasteiger partial charge on any atom is 0.0340 e. The lowest BCUT2D eigenvalue weighted by Crippen LogP contribution is -2.37. The van der Waals surface area contributed by atoms with E-state index in [1.165, 1.54) is 37.2 Å². The van der Waals surface area contributed by atoms with E-state index in [1.54, 1.807) is 0 Å². The van der Waals surface area contributed by atoms with E-state index < -0.39 is 0 Å². The van der Waals surface area contributed by atoms with Crippen LogP contribution in [0.3, 0.4) is 0 Å². The van der Waals surface area contributed by atoms with E-state index in [4.69, 9.17) is 0 Å².